The smallest absolute Gasteiger partial charge is 0.347 e. The molecule has 0 N–H and O–H groups in total. The minimum atomic E-state index is -4.37. The van der Waals surface area contributed by atoms with Crippen molar-refractivity contribution in [3.8, 4) is 0 Å². The standard InChI is InChI=1S/C16H15F3N4S/c1-10-5-20-23(6-10)9-11-7-22(8-11)15-21-14-12(16(17,18)19)3-2-4-13(14)24-15/h2-6,11H,7-9H2,1H3. The molecule has 0 spiro atoms. The summed E-state index contributed by atoms with van der Waals surface area (Å²) >= 11 is 1.32. The first-order valence-electron chi connectivity index (χ1n) is 7.61. The molecule has 1 aliphatic rings. The van der Waals surface area contributed by atoms with E-state index in [1.54, 1.807) is 6.07 Å². The summed E-state index contributed by atoms with van der Waals surface area (Å²) in [7, 11) is 0. The molecule has 0 saturated carbocycles. The first-order chi connectivity index (χ1) is 11.4. The summed E-state index contributed by atoms with van der Waals surface area (Å²) in [6.07, 6.45) is -0.557. The predicted molar refractivity (Wildman–Crippen MR) is 87.3 cm³/mol. The van der Waals surface area contributed by atoms with E-state index >= 15 is 0 Å². The number of anilines is 1. The van der Waals surface area contributed by atoms with Crippen LogP contribution in [0.2, 0.25) is 0 Å². The zero-order valence-electron chi connectivity index (χ0n) is 12.9. The van der Waals surface area contributed by atoms with Crippen LogP contribution in [0.3, 0.4) is 0 Å². The second-order valence-corrected chi connectivity index (χ2v) is 7.17. The van der Waals surface area contributed by atoms with Crippen LogP contribution in [-0.2, 0) is 12.7 Å². The molecule has 4 rings (SSSR count). The van der Waals surface area contributed by atoms with Crippen molar-refractivity contribution >= 4 is 26.7 Å². The SMILES string of the molecule is Cc1cnn(CC2CN(c3nc4c(C(F)(F)F)cccc4s3)C2)c1. The normalized spacial score (nSPS) is 15.9. The lowest BCUT2D eigenvalue weighted by atomic mass is 10.0. The number of para-hydroxylation sites is 1. The van der Waals surface area contributed by atoms with E-state index in [-0.39, 0.29) is 5.52 Å². The molecule has 24 heavy (non-hydrogen) atoms. The van der Waals surface area contributed by atoms with Gasteiger partial charge in [-0.15, -0.1) is 0 Å². The van der Waals surface area contributed by atoms with Gasteiger partial charge in [-0.3, -0.25) is 4.68 Å². The molecule has 3 heterocycles. The molecule has 0 bridgehead atoms. The van der Waals surface area contributed by atoms with Crippen molar-refractivity contribution in [2.75, 3.05) is 18.0 Å². The van der Waals surface area contributed by atoms with Crippen molar-refractivity contribution < 1.29 is 13.2 Å². The van der Waals surface area contributed by atoms with Crippen LogP contribution in [-0.4, -0.2) is 27.9 Å². The first-order valence-corrected chi connectivity index (χ1v) is 8.42. The molecule has 1 aliphatic heterocycles. The van der Waals surface area contributed by atoms with Gasteiger partial charge in [-0.05, 0) is 24.6 Å². The number of halogens is 3. The van der Waals surface area contributed by atoms with E-state index < -0.39 is 11.7 Å². The van der Waals surface area contributed by atoms with Gasteiger partial charge in [-0.25, -0.2) is 4.98 Å². The molecule has 0 aliphatic carbocycles. The molecule has 8 heteroatoms. The van der Waals surface area contributed by atoms with Crippen molar-refractivity contribution in [1.82, 2.24) is 14.8 Å². The summed E-state index contributed by atoms with van der Waals surface area (Å²) in [5.74, 6) is 0.443. The lowest BCUT2D eigenvalue weighted by Gasteiger charge is -2.39. The van der Waals surface area contributed by atoms with Gasteiger partial charge in [0.15, 0.2) is 5.13 Å². The monoisotopic (exact) mass is 352 g/mol. The Bertz CT molecular complexity index is 877. The van der Waals surface area contributed by atoms with Gasteiger partial charge in [0.05, 0.1) is 22.0 Å². The average Bonchev–Trinajstić information content (AvgIpc) is 3.06. The van der Waals surface area contributed by atoms with Gasteiger partial charge in [0.2, 0.25) is 0 Å². The molecule has 0 radical (unpaired) electrons. The maximum atomic E-state index is 13.1. The number of fused-ring (bicyclic) bond motifs is 1. The summed E-state index contributed by atoms with van der Waals surface area (Å²) in [5.41, 5.74) is 0.514. The van der Waals surface area contributed by atoms with Crippen molar-refractivity contribution in [2.45, 2.75) is 19.6 Å². The fourth-order valence-electron chi connectivity index (χ4n) is 2.97. The van der Waals surface area contributed by atoms with Crippen molar-refractivity contribution in [2.24, 2.45) is 5.92 Å². The van der Waals surface area contributed by atoms with E-state index in [2.05, 4.69) is 10.1 Å². The number of rotatable bonds is 3. The number of benzene rings is 1. The van der Waals surface area contributed by atoms with Crippen LogP contribution in [0.15, 0.2) is 30.6 Å². The number of hydrogen-bond donors (Lipinski definition) is 0. The maximum absolute atomic E-state index is 13.1. The minimum Gasteiger partial charge on any atom is -0.347 e. The van der Waals surface area contributed by atoms with Gasteiger partial charge in [0, 0.05) is 31.7 Å². The maximum Gasteiger partial charge on any atom is 0.418 e. The molecule has 1 aromatic carbocycles. The molecular weight excluding hydrogens is 337 g/mol. The Labute approximate surface area is 140 Å². The highest BCUT2D eigenvalue weighted by atomic mass is 32.1. The second-order valence-electron chi connectivity index (χ2n) is 6.16. The third-order valence-electron chi connectivity index (χ3n) is 4.15. The zero-order chi connectivity index (χ0) is 16.9. The van der Waals surface area contributed by atoms with Crippen LogP contribution < -0.4 is 4.90 Å². The second kappa shape index (κ2) is 5.47. The minimum absolute atomic E-state index is 0.0520. The van der Waals surface area contributed by atoms with Crippen molar-refractivity contribution in [3.05, 3.63) is 41.7 Å². The van der Waals surface area contributed by atoms with Gasteiger partial charge in [-0.2, -0.15) is 18.3 Å². The van der Waals surface area contributed by atoms with Gasteiger partial charge in [-0.1, -0.05) is 17.4 Å². The molecule has 1 saturated heterocycles. The third kappa shape index (κ3) is 2.75. The van der Waals surface area contributed by atoms with Crippen LogP contribution in [0, 0.1) is 12.8 Å². The number of thiazole rings is 1. The van der Waals surface area contributed by atoms with Gasteiger partial charge in [0.1, 0.15) is 0 Å². The highest BCUT2D eigenvalue weighted by Crippen LogP contribution is 2.39. The molecule has 2 aromatic heterocycles. The Morgan fingerprint density at radius 3 is 2.75 bits per heavy atom. The summed E-state index contributed by atoms with van der Waals surface area (Å²) < 4.78 is 41.7. The van der Waals surface area contributed by atoms with E-state index in [1.807, 2.05) is 28.9 Å². The predicted octanol–water partition coefficient (Wildman–Crippen LogP) is 3.96. The highest BCUT2D eigenvalue weighted by molar-refractivity contribution is 7.22. The van der Waals surface area contributed by atoms with E-state index in [4.69, 9.17) is 0 Å². The van der Waals surface area contributed by atoms with Crippen molar-refractivity contribution in [1.29, 1.82) is 0 Å². The fraction of sp³-hybridized carbons (Fsp3) is 0.375. The number of alkyl halides is 3. The molecule has 0 atom stereocenters. The van der Waals surface area contributed by atoms with Crippen LogP contribution in [0.5, 0.6) is 0 Å². The zero-order valence-corrected chi connectivity index (χ0v) is 13.7. The number of aryl methyl sites for hydroxylation is 1. The van der Waals surface area contributed by atoms with E-state index in [0.717, 1.165) is 31.3 Å². The fourth-order valence-corrected chi connectivity index (χ4v) is 3.98. The number of nitrogens with zero attached hydrogens (tertiary/aromatic N) is 4. The van der Waals surface area contributed by atoms with E-state index in [1.165, 1.54) is 17.4 Å². The van der Waals surface area contributed by atoms with E-state index in [9.17, 15) is 13.2 Å². The van der Waals surface area contributed by atoms with Crippen LogP contribution in [0.4, 0.5) is 18.3 Å². The third-order valence-corrected chi connectivity index (χ3v) is 5.23. The molecule has 0 unspecified atom stereocenters. The summed E-state index contributed by atoms with van der Waals surface area (Å²) in [6.45, 7) is 4.40. The Morgan fingerprint density at radius 1 is 1.29 bits per heavy atom. The lowest BCUT2D eigenvalue weighted by Crippen LogP contribution is -2.48. The van der Waals surface area contributed by atoms with Gasteiger partial charge in [0.25, 0.3) is 0 Å². The Morgan fingerprint density at radius 2 is 2.08 bits per heavy atom. The van der Waals surface area contributed by atoms with E-state index in [0.29, 0.717) is 15.7 Å². The Balaban J connectivity index is 1.50. The molecule has 4 nitrogen and oxygen atoms in total. The van der Waals surface area contributed by atoms with Gasteiger partial charge >= 0.3 is 6.18 Å². The van der Waals surface area contributed by atoms with Crippen LogP contribution in [0.1, 0.15) is 11.1 Å². The quantitative estimate of drug-likeness (QED) is 0.716. The van der Waals surface area contributed by atoms with Crippen LogP contribution >= 0.6 is 11.3 Å². The molecular formula is C16H15F3N4S. The summed E-state index contributed by atoms with van der Waals surface area (Å²) in [6, 6.07) is 4.21. The van der Waals surface area contributed by atoms with Crippen molar-refractivity contribution in [3.63, 3.8) is 0 Å². The molecule has 1 fully saturated rings. The lowest BCUT2D eigenvalue weighted by molar-refractivity contribution is -0.136. The average molecular weight is 352 g/mol. The summed E-state index contributed by atoms with van der Waals surface area (Å²) in [5, 5.41) is 4.93. The highest BCUT2D eigenvalue weighted by Gasteiger charge is 2.35. The Hall–Kier alpha value is -2.09. The number of hydrogen-bond acceptors (Lipinski definition) is 4. The molecule has 126 valence electrons. The summed E-state index contributed by atoms with van der Waals surface area (Å²) in [4.78, 5) is 6.28. The molecule has 0 amide bonds. The Kier molecular flexibility index (Phi) is 3.52. The molecule has 3 aromatic rings. The largest absolute Gasteiger partial charge is 0.418 e. The van der Waals surface area contributed by atoms with Crippen LogP contribution in [0.25, 0.3) is 10.2 Å². The van der Waals surface area contributed by atoms with Gasteiger partial charge < -0.3 is 4.90 Å². The first kappa shape index (κ1) is 15.4. The number of aromatic nitrogens is 3. The topological polar surface area (TPSA) is 34.0 Å².